The number of rotatable bonds is 0. The normalized spacial score (nSPS) is 6.00. The van der Waals surface area contributed by atoms with Crippen molar-refractivity contribution in [2.24, 2.45) is 0 Å². The molecule has 0 rings (SSSR count). The van der Waals surface area contributed by atoms with E-state index in [0.717, 1.165) is 0 Å². The van der Waals surface area contributed by atoms with Crippen LogP contribution in [0.25, 0.3) is 0 Å². The maximum absolute atomic E-state index is 2.62. The fraction of sp³-hybridized carbons (Fsp3) is 1.00. The van der Waals surface area contributed by atoms with Gasteiger partial charge >= 0.3 is 0 Å². The largest absolute Gasteiger partial charge is 0.147 e. The van der Waals surface area contributed by atoms with Crippen LogP contribution in [0.15, 0.2) is 0 Å². The van der Waals surface area contributed by atoms with Gasteiger partial charge in [0.05, 0.1) is 0 Å². The van der Waals surface area contributed by atoms with E-state index in [-0.39, 0.29) is 24.8 Å². The van der Waals surface area contributed by atoms with Gasteiger partial charge in [-0.3, -0.25) is 0 Å². The average molecular weight is 167 g/mol. The Morgan fingerprint density at radius 3 is 1.17 bits per heavy atom. The highest BCUT2D eigenvalue weighted by Gasteiger charge is 1.67. The summed E-state index contributed by atoms with van der Waals surface area (Å²) in [6.07, 6.45) is 0. The van der Waals surface area contributed by atoms with Crippen LogP contribution >= 0.6 is 43.3 Å². The summed E-state index contributed by atoms with van der Waals surface area (Å²) in [6, 6.07) is 0. The summed E-state index contributed by atoms with van der Waals surface area (Å²) in [5, 5.41) is 0.667. The molecule has 0 nitrogen and oxygen atoms in total. The van der Waals surface area contributed by atoms with Crippen LogP contribution in [0.1, 0.15) is 6.92 Å². The van der Waals surface area contributed by atoms with E-state index in [1.807, 2.05) is 0 Å². The zero-order valence-corrected chi connectivity index (χ0v) is 7.49. The first kappa shape index (κ1) is 15.7. The van der Waals surface area contributed by atoms with Gasteiger partial charge < -0.3 is 0 Å². The van der Waals surface area contributed by atoms with Gasteiger partial charge in [-0.2, -0.15) is 0 Å². The Morgan fingerprint density at radius 2 is 1.17 bits per heavy atom. The minimum Gasteiger partial charge on any atom is -0.147 e. The van der Waals surface area contributed by atoms with Crippen LogP contribution in [-0.2, 0) is 0 Å². The number of hydrogen-bond donors (Lipinski definition) is 0. The average Bonchev–Trinajstić information content (AvgIpc) is 0.811. The second kappa shape index (κ2) is 9.67. The van der Waals surface area contributed by atoms with Crippen LogP contribution in [0, 0.1) is 0 Å². The topological polar surface area (TPSA) is 0 Å². The Hall–Kier alpha value is 1.44. The monoisotopic (exact) mass is 166 g/mol. The Balaban J connectivity index is -0.0000000450. The first-order valence-electron chi connectivity index (χ1n) is 1.24. The molecule has 0 radical (unpaired) electrons. The summed E-state index contributed by atoms with van der Waals surface area (Å²) in [6.45, 7) is 2.09. The van der Waals surface area contributed by atoms with Crippen molar-refractivity contribution in [3.8, 4) is 0 Å². The molecular weight excluding hydrogens is 157 g/mol. The smallest absolute Gasteiger partial charge is 0.0146 e. The molecule has 0 aliphatic rings. The van der Waals surface area contributed by atoms with E-state index in [0.29, 0.717) is 5.40 Å². The van der Waals surface area contributed by atoms with E-state index in [1.54, 1.807) is 0 Å². The quantitative estimate of drug-likeness (QED) is 0.483. The molecule has 0 N–H and O–H groups in total. The van der Waals surface area contributed by atoms with E-state index in [2.05, 4.69) is 25.4 Å². The van der Waals surface area contributed by atoms with Gasteiger partial charge in [0.15, 0.2) is 0 Å². The number of halogens is 2. The molecule has 0 amide bonds. The lowest BCUT2D eigenvalue weighted by molar-refractivity contribution is 1.43. The maximum atomic E-state index is 2.62. The van der Waals surface area contributed by atoms with E-state index >= 15 is 0 Å². The summed E-state index contributed by atoms with van der Waals surface area (Å²) < 4.78 is 0. The Kier molecular flexibility index (Phi) is 25.2. The van der Waals surface area contributed by atoms with Crippen molar-refractivity contribution < 1.29 is 0 Å². The molecule has 0 aromatic rings. The van der Waals surface area contributed by atoms with Crippen molar-refractivity contribution in [2.75, 3.05) is 0 Å². The van der Waals surface area contributed by atoms with Crippen LogP contribution < -0.4 is 0 Å². The van der Waals surface area contributed by atoms with Gasteiger partial charge in [0.25, 0.3) is 0 Å². The predicted molar refractivity (Wildman–Crippen MR) is 43.4 cm³/mol. The molecule has 2 unspecified atom stereocenters. The summed E-state index contributed by atoms with van der Waals surface area (Å²) in [5.41, 5.74) is 0. The first-order valence-corrected chi connectivity index (χ1v) is 2.58. The van der Waals surface area contributed by atoms with Crippen molar-refractivity contribution in [2.45, 2.75) is 12.3 Å². The van der Waals surface area contributed by atoms with E-state index in [4.69, 9.17) is 0 Å². The van der Waals surface area contributed by atoms with Gasteiger partial charge in [0.1, 0.15) is 0 Å². The highest BCUT2D eigenvalue weighted by molar-refractivity contribution is 7.37. The number of hydrogen-bond acceptors (Lipinski definition) is 0. The van der Waals surface area contributed by atoms with Gasteiger partial charge in [0, 0.05) is 0 Å². The molecule has 0 aliphatic heterocycles. The molecule has 0 saturated heterocycles. The summed E-state index contributed by atoms with van der Waals surface area (Å²) in [5.74, 6) is 0. The van der Waals surface area contributed by atoms with Crippen LogP contribution in [0.4, 0.5) is 0 Å². The summed E-state index contributed by atoms with van der Waals surface area (Å²) >= 11 is 0. The van der Waals surface area contributed by atoms with Crippen molar-refractivity contribution in [1.82, 2.24) is 0 Å². The molecule has 0 aromatic heterocycles. The lowest BCUT2D eigenvalue weighted by Crippen LogP contribution is -1.59. The van der Waals surface area contributed by atoms with Crippen LogP contribution in [-0.4, -0.2) is 5.40 Å². The van der Waals surface area contributed by atoms with Gasteiger partial charge in [-0.05, 0) is 5.40 Å². The van der Waals surface area contributed by atoms with Gasteiger partial charge in [-0.1, -0.05) is 6.92 Å². The third-order valence-electron chi connectivity index (χ3n) is 0. The second-order valence-electron chi connectivity index (χ2n) is 0.859. The van der Waals surface area contributed by atoms with E-state index in [9.17, 15) is 0 Å². The molecule has 0 spiro atoms. The maximum Gasteiger partial charge on any atom is -0.0146 e. The SMILES string of the molecule is CC(P)P.Cl.Cl. The van der Waals surface area contributed by atoms with Crippen LogP contribution in [0.3, 0.4) is 0 Å². The molecule has 4 heteroatoms. The zero-order chi connectivity index (χ0) is 3.58. The zero-order valence-electron chi connectivity index (χ0n) is 3.55. The molecule has 0 fully saturated rings. The third kappa shape index (κ3) is 51.7. The molecule has 0 bridgehead atoms. The van der Waals surface area contributed by atoms with Gasteiger partial charge in [-0.15, -0.1) is 43.3 Å². The molecule has 0 saturated carbocycles. The highest BCUT2D eigenvalue weighted by atomic mass is 35.5. The molecule has 6 heavy (non-hydrogen) atoms. The summed E-state index contributed by atoms with van der Waals surface area (Å²) in [4.78, 5) is 0. The fourth-order valence-electron chi connectivity index (χ4n) is 0. The van der Waals surface area contributed by atoms with Gasteiger partial charge in [-0.25, -0.2) is 0 Å². The molecule has 42 valence electrons. The Morgan fingerprint density at radius 1 is 1.17 bits per heavy atom. The molecule has 0 aliphatic carbocycles. The first-order chi connectivity index (χ1) is 1.73. The standard InChI is InChI=1S/C2H8P2.2ClH/c1-2(3)4;;/h2H,3-4H2,1H3;2*1H. The Bertz CT molecular complexity index is 14.3. The minimum absolute atomic E-state index is 0. The van der Waals surface area contributed by atoms with Gasteiger partial charge in [0.2, 0.25) is 0 Å². The summed E-state index contributed by atoms with van der Waals surface area (Å²) in [7, 11) is 5.24. The van der Waals surface area contributed by atoms with Crippen molar-refractivity contribution in [3.63, 3.8) is 0 Å². The van der Waals surface area contributed by atoms with Crippen LogP contribution in [0.5, 0.6) is 0 Å². The predicted octanol–water partition coefficient (Wildman–Crippen LogP) is 1.93. The Labute approximate surface area is 56.1 Å². The third-order valence-corrected chi connectivity index (χ3v) is 0. The van der Waals surface area contributed by atoms with E-state index in [1.165, 1.54) is 0 Å². The molecular formula is C2H10Cl2P2. The molecule has 0 aromatic carbocycles. The lowest BCUT2D eigenvalue weighted by atomic mass is 11.0. The molecule has 2 atom stereocenters. The van der Waals surface area contributed by atoms with E-state index < -0.39 is 0 Å². The van der Waals surface area contributed by atoms with Crippen LogP contribution in [0.2, 0.25) is 0 Å². The second-order valence-corrected chi connectivity index (χ2v) is 3.73. The lowest BCUT2D eigenvalue weighted by Gasteiger charge is -1.79. The van der Waals surface area contributed by atoms with Crippen molar-refractivity contribution >= 4 is 43.3 Å². The minimum atomic E-state index is 0. The highest BCUT2D eigenvalue weighted by Crippen LogP contribution is 2.03. The van der Waals surface area contributed by atoms with Crippen molar-refractivity contribution in [1.29, 1.82) is 0 Å². The molecule has 0 heterocycles. The fourth-order valence-corrected chi connectivity index (χ4v) is 0. The van der Waals surface area contributed by atoms with Crippen molar-refractivity contribution in [3.05, 3.63) is 0 Å².